The Kier molecular flexibility index (Phi) is 3.43. The van der Waals surface area contributed by atoms with E-state index in [9.17, 15) is 0 Å². The maximum Gasteiger partial charge on any atom is 0.123 e. The molecule has 2 heteroatoms. The second-order valence-electron chi connectivity index (χ2n) is 5.27. The molecule has 2 aromatic rings. The van der Waals surface area contributed by atoms with Crippen molar-refractivity contribution in [1.82, 2.24) is 5.32 Å². The van der Waals surface area contributed by atoms with Gasteiger partial charge in [0.05, 0.1) is 7.11 Å². The van der Waals surface area contributed by atoms with Crippen molar-refractivity contribution >= 4 is 10.8 Å². The van der Waals surface area contributed by atoms with Crippen molar-refractivity contribution in [3.05, 3.63) is 42.0 Å². The van der Waals surface area contributed by atoms with Gasteiger partial charge in [0.15, 0.2) is 0 Å². The first kappa shape index (κ1) is 12.5. The number of nitrogens with one attached hydrogen (secondary N) is 1. The Balaban J connectivity index is 2.19. The van der Waals surface area contributed by atoms with Crippen molar-refractivity contribution in [1.29, 1.82) is 0 Å². The standard InChI is InChI=1S/C17H21NO/c1-3-15-14(10-11-18-15)17-13-7-5-4-6-12(13)8-9-16(17)19-2/h4-9,14-15,18H,3,10-11H2,1-2H3. The van der Waals surface area contributed by atoms with Crippen molar-refractivity contribution < 1.29 is 4.74 Å². The highest BCUT2D eigenvalue weighted by molar-refractivity contribution is 5.88. The van der Waals surface area contributed by atoms with Crippen LogP contribution in [-0.2, 0) is 0 Å². The summed E-state index contributed by atoms with van der Waals surface area (Å²) in [6, 6.07) is 13.5. The summed E-state index contributed by atoms with van der Waals surface area (Å²) in [5, 5.41) is 6.26. The Morgan fingerprint density at radius 1 is 1.21 bits per heavy atom. The Labute approximate surface area is 114 Å². The van der Waals surface area contributed by atoms with Gasteiger partial charge in [0.1, 0.15) is 5.75 Å². The predicted molar refractivity (Wildman–Crippen MR) is 79.9 cm³/mol. The fourth-order valence-electron chi connectivity index (χ4n) is 3.38. The molecule has 1 aliphatic heterocycles. The summed E-state index contributed by atoms with van der Waals surface area (Å²) in [6.45, 7) is 3.36. The summed E-state index contributed by atoms with van der Waals surface area (Å²) in [6.07, 6.45) is 2.36. The predicted octanol–water partition coefficient (Wildman–Crippen LogP) is 3.70. The third kappa shape index (κ3) is 2.10. The van der Waals surface area contributed by atoms with E-state index in [0.717, 1.165) is 18.7 Å². The number of benzene rings is 2. The lowest BCUT2D eigenvalue weighted by atomic mass is 9.86. The van der Waals surface area contributed by atoms with E-state index in [0.29, 0.717) is 12.0 Å². The summed E-state index contributed by atoms with van der Waals surface area (Å²) >= 11 is 0. The average molecular weight is 255 g/mol. The van der Waals surface area contributed by atoms with Crippen molar-refractivity contribution in [2.24, 2.45) is 0 Å². The summed E-state index contributed by atoms with van der Waals surface area (Å²) in [4.78, 5) is 0. The topological polar surface area (TPSA) is 21.3 Å². The third-order valence-corrected chi connectivity index (χ3v) is 4.31. The van der Waals surface area contributed by atoms with E-state index in [1.165, 1.54) is 22.8 Å². The summed E-state index contributed by atoms with van der Waals surface area (Å²) in [5.74, 6) is 1.59. The van der Waals surface area contributed by atoms with Gasteiger partial charge < -0.3 is 10.1 Å². The number of fused-ring (bicyclic) bond motifs is 1. The van der Waals surface area contributed by atoms with Gasteiger partial charge in [-0.15, -0.1) is 0 Å². The molecule has 1 saturated heterocycles. The van der Waals surface area contributed by atoms with Gasteiger partial charge in [-0.05, 0) is 36.2 Å². The van der Waals surface area contributed by atoms with Gasteiger partial charge in [0.25, 0.3) is 0 Å². The van der Waals surface area contributed by atoms with Crippen LogP contribution < -0.4 is 10.1 Å². The zero-order valence-corrected chi connectivity index (χ0v) is 11.6. The smallest absolute Gasteiger partial charge is 0.123 e. The molecule has 0 radical (unpaired) electrons. The van der Waals surface area contributed by atoms with E-state index < -0.39 is 0 Å². The molecule has 2 aromatic carbocycles. The number of hydrogen-bond acceptors (Lipinski definition) is 2. The molecule has 1 aliphatic rings. The van der Waals surface area contributed by atoms with Crippen LogP contribution in [0.3, 0.4) is 0 Å². The first-order valence-corrected chi connectivity index (χ1v) is 7.14. The van der Waals surface area contributed by atoms with Crippen molar-refractivity contribution in [2.75, 3.05) is 13.7 Å². The molecule has 0 aromatic heterocycles. The third-order valence-electron chi connectivity index (χ3n) is 4.31. The molecule has 19 heavy (non-hydrogen) atoms. The van der Waals surface area contributed by atoms with Gasteiger partial charge in [-0.2, -0.15) is 0 Å². The number of hydrogen-bond donors (Lipinski definition) is 1. The minimum absolute atomic E-state index is 0.561. The van der Waals surface area contributed by atoms with Gasteiger partial charge in [-0.3, -0.25) is 0 Å². The number of ether oxygens (including phenoxy) is 1. The van der Waals surface area contributed by atoms with E-state index in [-0.39, 0.29) is 0 Å². The average Bonchev–Trinajstić information content (AvgIpc) is 2.94. The number of methoxy groups -OCH3 is 1. The molecule has 2 unspecified atom stereocenters. The minimum Gasteiger partial charge on any atom is -0.496 e. The first-order chi connectivity index (χ1) is 9.35. The monoisotopic (exact) mass is 255 g/mol. The molecule has 3 rings (SSSR count). The quantitative estimate of drug-likeness (QED) is 0.903. The Morgan fingerprint density at radius 3 is 2.84 bits per heavy atom. The highest BCUT2D eigenvalue weighted by atomic mass is 16.5. The maximum atomic E-state index is 5.63. The second-order valence-corrected chi connectivity index (χ2v) is 5.27. The molecule has 1 fully saturated rings. The SMILES string of the molecule is CCC1NCCC1c1c(OC)ccc2ccccc12. The van der Waals surface area contributed by atoms with E-state index >= 15 is 0 Å². The molecular weight excluding hydrogens is 234 g/mol. The van der Waals surface area contributed by atoms with Crippen LogP contribution in [0, 0.1) is 0 Å². The van der Waals surface area contributed by atoms with E-state index in [2.05, 4.69) is 48.6 Å². The van der Waals surface area contributed by atoms with Crippen LogP contribution in [0.2, 0.25) is 0 Å². The second kappa shape index (κ2) is 5.22. The molecular formula is C17H21NO. The van der Waals surface area contributed by atoms with Crippen LogP contribution in [0.15, 0.2) is 36.4 Å². The molecule has 0 spiro atoms. The normalized spacial score (nSPS) is 22.8. The minimum atomic E-state index is 0.561. The van der Waals surface area contributed by atoms with Crippen LogP contribution in [-0.4, -0.2) is 19.7 Å². The molecule has 0 aliphatic carbocycles. The lowest BCUT2D eigenvalue weighted by Crippen LogP contribution is -2.25. The van der Waals surface area contributed by atoms with Crippen LogP contribution >= 0.6 is 0 Å². The van der Waals surface area contributed by atoms with Gasteiger partial charge in [0, 0.05) is 17.5 Å². The van der Waals surface area contributed by atoms with E-state index in [4.69, 9.17) is 4.74 Å². The summed E-state index contributed by atoms with van der Waals surface area (Å²) in [7, 11) is 1.77. The van der Waals surface area contributed by atoms with Crippen LogP contribution in [0.5, 0.6) is 5.75 Å². The molecule has 0 bridgehead atoms. The van der Waals surface area contributed by atoms with E-state index in [1.807, 2.05) is 0 Å². The highest BCUT2D eigenvalue weighted by Gasteiger charge is 2.30. The molecule has 0 saturated carbocycles. The maximum absolute atomic E-state index is 5.63. The molecule has 100 valence electrons. The molecule has 0 amide bonds. The molecule has 1 heterocycles. The lowest BCUT2D eigenvalue weighted by molar-refractivity contribution is 0.402. The van der Waals surface area contributed by atoms with Gasteiger partial charge in [-0.25, -0.2) is 0 Å². The zero-order valence-electron chi connectivity index (χ0n) is 11.6. The largest absolute Gasteiger partial charge is 0.496 e. The fourth-order valence-corrected chi connectivity index (χ4v) is 3.38. The summed E-state index contributed by atoms with van der Waals surface area (Å²) in [5.41, 5.74) is 1.39. The highest BCUT2D eigenvalue weighted by Crippen LogP contribution is 2.40. The zero-order chi connectivity index (χ0) is 13.2. The van der Waals surface area contributed by atoms with Crippen molar-refractivity contribution in [3.8, 4) is 5.75 Å². The Bertz CT molecular complexity index is 578. The van der Waals surface area contributed by atoms with Crippen LogP contribution in [0.25, 0.3) is 10.8 Å². The molecule has 1 N–H and O–H groups in total. The summed E-state index contributed by atoms with van der Waals surface area (Å²) < 4.78 is 5.63. The number of rotatable bonds is 3. The fraction of sp³-hybridized carbons (Fsp3) is 0.412. The Hall–Kier alpha value is -1.54. The van der Waals surface area contributed by atoms with Crippen molar-refractivity contribution in [3.63, 3.8) is 0 Å². The van der Waals surface area contributed by atoms with Gasteiger partial charge in [-0.1, -0.05) is 37.3 Å². The van der Waals surface area contributed by atoms with Crippen molar-refractivity contribution in [2.45, 2.75) is 31.7 Å². The first-order valence-electron chi connectivity index (χ1n) is 7.14. The lowest BCUT2D eigenvalue weighted by Gasteiger charge is -2.22. The Morgan fingerprint density at radius 2 is 2.05 bits per heavy atom. The van der Waals surface area contributed by atoms with E-state index in [1.54, 1.807) is 7.11 Å². The van der Waals surface area contributed by atoms with Crippen LogP contribution in [0.4, 0.5) is 0 Å². The van der Waals surface area contributed by atoms with Gasteiger partial charge in [0.2, 0.25) is 0 Å². The van der Waals surface area contributed by atoms with Gasteiger partial charge >= 0.3 is 0 Å². The molecule has 2 nitrogen and oxygen atoms in total. The van der Waals surface area contributed by atoms with Crippen LogP contribution in [0.1, 0.15) is 31.2 Å². The molecule has 2 atom stereocenters.